The zero-order valence-corrected chi connectivity index (χ0v) is 13.5. The van der Waals surface area contributed by atoms with E-state index in [0.29, 0.717) is 6.04 Å². The summed E-state index contributed by atoms with van der Waals surface area (Å²) in [6.45, 7) is 10.1. The molecule has 0 unspecified atom stereocenters. The minimum Gasteiger partial charge on any atom is -0.342 e. The predicted octanol–water partition coefficient (Wildman–Crippen LogP) is 2.85. The van der Waals surface area contributed by atoms with Crippen LogP contribution in [0, 0.1) is 5.92 Å². The lowest BCUT2D eigenvalue weighted by atomic mass is 9.94. The first-order valence-corrected chi connectivity index (χ1v) is 8.13. The number of imidazole rings is 1. The van der Waals surface area contributed by atoms with Gasteiger partial charge in [0.1, 0.15) is 0 Å². The number of aromatic nitrogens is 2. The fourth-order valence-corrected chi connectivity index (χ4v) is 2.99. The molecule has 0 atom stereocenters. The highest BCUT2D eigenvalue weighted by Crippen LogP contribution is 2.26. The molecule has 1 aliphatic rings. The summed E-state index contributed by atoms with van der Waals surface area (Å²) in [5.41, 5.74) is 1.21. The third-order valence-electron chi connectivity index (χ3n) is 4.38. The lowest BCUT2D eigenvalue weighted by molar-refractivity contribution is 0.372. The van der Waals surface area contributed by atoms with Crippen molar-refractivity contribution >= 4 is 5.95 Å². The van der Waals surface area contributed by atoms with Gasteiger partial charge in [-0.1, -0.05) is 6.92 Å². The third-order valence-corrected chi connectivity index (χ3v) is 4.38. The zero-order chi connectivity index (χ0) is 14.5. The Balaban J connectivity index is 2.01. The van der Waals surface area contributed by atoms with Crippen molar-refractivity contribution in [3.63, 3.8) is 0 Å². The summed E-state index contributed by atoms with van der Waals surface area (Å²) in [6, 6.07) is 0.486. The highest BCUT2D eigenvalue weighted by Gasteiger charge is 2.23. The van der Waals surface area contributed by atoms with Crippen LogP contribution in [0.3, 0.4) is 0 Å². The largest absolute Gasteiger partial charge is 0.342 e. The normalized spacial score (nSPS) is 17.1. The van der Waals surface area contributed by atoms with Gasteiger partial charge in [-0.25, -0.2) is 4.98 Å². The lowest BCUT2D eigenvalue weighted by Gasteiger charge is -2.33. The molecule has 1 aromatic heterocycles. The number of anilines is 1. The SMILES string of the molecule is CCc1cn(C(C)C)c(N2CCC(CCNC)CC2)n1. The summed E-state index contributed by atoms with van der Waals surface area (Å²) < 4.78 is 2.34. The summed E-state index contributed by atoms with van der Waals surface area (Å²) in [4.78, 5) is 7.32. The van der Waals surface area contributed by atoms with Gasteiger partial charge in [0, 0.05) is 25.3 Å². The number of piperidine rings is 1. The minimum absolute atomic E-state index is 0.486. The van der Waals surface area contributed by atoms with E-state index in [1.165, 1.54) is 30.9 Å². The number of rotatable bonds is 6. The molecule has 1 saturated heterocycles. The van der Waals surface area contributed by atoms with Gasteiger partial charge >= 0.3 is 0 Å². The average molecular weight is 278 g/mol. The monoisotopic (exact) mass is 278 g/mol. The van der Waals surface area contributed by atoms with Crippen LogP contribution < -0.4 is 10.2 Å². The molecule has 4 nitrogen and oxygen atoms in total. The Labute approximate surface area is 123 Å². The van der Waals surface area contributed by atoms with Gasteiger partial charge in [-0.15, -0.1) is 0 Å². The molecule has 0 bridgehead atoms. The van der Waals surface area contributed by atoms with Crippen molar-refractivity contribution in [1.29, 1.82) is 0 Å². The summed E-state index contributed by atoms with van der Waals surface area (Å²) in [5, 5.41) is 3.26. The lowest BCUT2D eigenvalue weighted by Crippen LogP contribution is -2.36. The third kappa shape index (κ3) is 3.54. The van der Waals surface area contributed by atoms with Gasteiger partial charge in [-0.2, -0.15) is 0 Å². The summed E-state index contributed by atoms with van der Waals surface area (Å²) in [5.74, 6) is 2.07. The first kappa shape index (κ1) is 15.4. The molecular weight excluding hydrogens is 248 g/mol. The van der Waals surface area contributed by atoms with Gasteiger partial charge in [0.25, 0.3) is 0 Å². The van der Waals surface area contributed by atoms with E-state index >= 15 is 0 Å². The van der Waals surface area contributed by atoms with E-state index in [1.54, 1.807) is 0 Å². The van der Waals surface area contributed by atoms with Gasteiger partial charge in [0.2, 0.25) is 5.95 Å². The highest BCUT2D eigenvalue weighted by atomic mass is 15.3. The number of nitrogens with zero attached hydrogens (tertiary/aromatic N) is 3. The summed E-state index contributed by atoms with van der Waals surface area (Å²) >= 11 is 0. The maximum Gasteiger partial charge on any atom is 0.205 e. The fraction of sp³-hybridized carbons (Fsp3) is 0.812. The number of hydrogen-bond acceptors (Lipinski definition) is 3. The van der Waals surface area contributed by atoms with E-state index in [4.69, 9.17) is 4.98 Å². The summed E-state index contributed by atoms with van der Waals surface area (Å²) in [7, 11) is 2.04. The molecule has 2 rings (SSSR count). The molecule has 20 heavy (non-hydrogen) atoms. The van der Waals surface area contributed by atoms with E-state index < -0.39 is 0 Å². The molecule has 114 valence electrons. The molecule has 2 heterocycles. The molecule has 1 aromatic rings. The van der Waals surface area contributed by atoms with Crippen LogP contribution in [0.15, 0.2) is 6.20 Å². The van der Waals surface area contributed by atoms with E-state index in [9.17, 15) is 0 Å². The van der Waals surface area contributed by atoms with Crippen LogP contribution in [-0.4, -0.2) is 36.2 Å². The Morgan fingerprint density at radius 1 is 1.35 bits per heavy atom. The molecule has 4 heteroatoms. The van der Waals surface area contributed by atoms with Crippen molar-refractivity contribution in [2.75, 3.05) is 31.6 Å². The van der Waals surface area contributed by atoms with Crippen molar-refractivity contribution in [2.24, 2.45) is 5.92 Å². The molecule has 0 amide bonds. The molecule has 1 aliphatic heterocycles. The van der Waals surface area contributed by atoms with E-state index in [2.05, 4.69) is 41.8 Å². The highest BCUT2D eigenvalue weighted by molar-refractivity contribution is 5.35. The van der Waals surface area contributed by atoms with Crippen LogP contribution in [0.1, 0.15) is 51.8 Å². The summed E-state index contributed by atoms with van der Waals surface area (Å²) in [6.07, 6.45) is 7.16. The first-order valence-electron chi connectivity index (χ1n) is 8.13. The second-order valence-electron chi connectivity index (χ2n) is 6.21. The van der Waals surface area contributed by atoms with Crippen LogP contribution in [-0.2, 0) is 6.42 Å². The van der Waals surface area contributed by atoms with Crippen molar-refractivity contribution < 1.29 is 0 Å². The van der Waals surface area contributed by atoms with Gasteiger partial charge in [0.15, 0.2) is 0 Å². The molecule has 0 saturated carbocycles. The number of aryl methyl sites for hydroxylation is 1. The molecule has 0 aliphatic carbocycles. The van der Waals surface area contributed by atoms with Crippen molar-refractivity contribution in [3.05, 3.63) is 11.9 Å². The Bertz CT molecular complexity index is 403. The van der Waals surface area contributed by atoms with Crippen molar-refractivity contribution in [3.8, 4) is 0 Å². The van der Waals surface area contributed by atoms with Gasteiger partial charge in [0.05, 0.1) is 5.69 Å². The molecule has 0 spiro atoms. The Kier molecular flexibility index (Phi) is 5.46. The second-order valence-corrected chi connectivity index (χ2v) is 6.21. The average Bonchev–Trinajstić information content (AvgIpc) is 2.90. The number of nitrogens with one attached hydrogen (secondary N) is 1. The Morgan fingerprint density at radius 3 is 2.60 bits per heavy atom. The molecule has 1 fully saturated rings. The fourth-order valence-electron chi connectivity index (χ4n) is 2.99. The van der Waals surface area contributed by atoms with Gasteiger partial charge in [-0.05, 0) is 59.0 Å². The second kappa shape index (κ2) is 7.11. The maximum absolute atomic E-state index is 4.84. The van der Waals surface area contributed by atoms with Crippen LogP contribution >= 0.6 is 0 Å². The first-order chi connectivity index (χ1) is 9.65. The van der Waals surface area contributed by atoms with E-state index in [0.717, 1.165) is 32.0 Å². The van der Waals surface area contributed by atoms with E-state index in [1.807, 2.05) is 7.05 Å². The number of hydrogen-bond donors (Lipinski definition) is 1. The van der Waals surface area contributed by atoms with Crippen molar-refractivity contribution in [1.82, 2.24) is 14.9 Å². The maximum atomic E-state index is 4.84. The van der Waals surface area contributed by atoms with Gasteiger partial charge in [-0.3, -0.25) is 0 Å². The van der Waals surface area contributed by atoms with Crippen molar-refractivity contribution in [2.45, 2.75) is 52.5 Å². The van der Waals surface area contributed by atoms with Crippen LogP contribution in [0.2, 0.25) is 0 Å². The molecule has 0 radical (unpaired) electrons. The van der Waals surface area contributed by atoms with E-state index in [-0.39, 0.29) is 0 Å². The Hall–Kier alpha value is -1.03. The molecule has 1 N–H and O–H groups in total. The van der Waals surface area contributed by atoms with Gasteiger partial charge < -0.3 is 14.8 Å². The standard InChI is InChI=1S/C16H30N4/c1-5-15-12-20(13(2)3)16(18-15)19-10-7-14(8-11-19)6-9-17-4/h12-14,17H,5-11H2,1-4H3. The van der Waals surface area contributed by atoms with Crippen LogP contribution in [0.25, 0.3) is 0 Å². The van der Waals surface area contributed by atoms with Crippen LogP contribution in [0.4, 0.5) is 5.95 Å². The molecule has 0 aromatic carbocycles. The van der Waals surface area contributed by atoms with Crippen LogP contribution in [0.5, 0.6) is 0 Å². The topological polar surface area (TPSA) is 33.1 Å². The zero-order valence-electron chi connectivity index (χ0n) is 13.5. The molecular formula is C16H30N4. The quantitative estimate of drug-likeness (QED) is 0.868. The minimum atomic E-state index is 0.486. The predicted molar refractivity (Wildman–Crippen MR) is 85.5 cm³/mol. The smallest absolute Gasteiger partial charge is 0.205 e. The Morgan fingerprint density at radius 2 is 2.05 bits per heavy atom.